The Kier molecular flexibility index (Phi) is 5.88. The van der Waals surface area contributed by atoms with E-state index in [0.29, 0.717) is 25.1 Å². The van der Waals surface area contributed by atoms with Crippen LogP contribution in [0, 0.1) is 6.92 Å². The van der Waals surface area contributed by atoms with Crippen LogP contribution in [0.25, 0.3) is 0 Å². The number of nitrogens with zero attached hydrogens (tertiary/aromatic N) is 3. The number of piperidine rings is 2. The predicted molar refractivity (Wildman–Crippen MR) is 117 cm³/mol. The van der Waals surface area contributed by atoms with Crippen molar-refractivity contribution in [3.05, 3.63) is 46.8 Å². The van der Waals surface area contributed by atoms with Crippen LogP contribution in [0.2, 0.25) is 0 Å². The van der Waals surface area contributed by atoms with Gasteiger partial charge in [-0.3, -0.25) is 24.6 Å². The van der Waals surface area contributed by atoms with Crippen molar-refractivity contribution in [3.63, 3.8) is 0 Å². The van der Waals surface area contributed by atoms with E-state index in [-0.39, 0.29) is 24.3 Å². The van der Waals surface area contributed by atoms with E-state index in [2.05, 4.69) is 15.4 Å². The van der Waals surface area contributed by atoms with E-state index in [1.807, 2.05) is 25.1 Å². The zero-order valence-electron chi connectivity index (χ0n) is 18.7. The number of nitrogens with one attached hydrogen (secondary N) is 1. The van der Waals surface area contributed by atoms with Gasteiger partial charge in [0, 0.05) is 37.2 Å². The van der Waals surface area contributed by atoms with Crippen molar-refractivity contribution < 1.29 is 23.6 Å². The molecule has 2 fully saturated rings. The molecule has 3 aliphatic heterocycles. The number of benzene rings is 1. The molecule has 0 radical (unpaired) electrons. The largest absolute Gasteiger partial charge is 0.492 e. The molecule has 1 aromatic carbocycles. The van der Waals surface area contributed by atoms with Crippen LogP contribution in [0.5, 0.6) is 5.75 Å². The van der Waals surface area contributed by atoms with Gasteiger partial charge in [0.05, 0.1) is 5.69 Å². The van der Waals surface area contributed by atoms with E-state index in [9.17, 15) is 14.4 Å². The second-order valence-electron chi connectivity index (χ2n) is 9.08. The van der Waals surface area contributed by atoms with Gasteiger partial charge in [-0.15, -0.1) is 0 Å². The average Bonchev–Trinajstić information content (AvgIpc) is 3.35. The number of ether oxygens (including phenoxy) is 1. The quantitative estimate of drug-likeness (QED) is 0.670. The van der Waals surface area contributed by atoms with Crippen molar-refractivity contribution in [2.75, 3.05) is 13.2 Å². The molecule has 5 rings (SSSR count). The zero-order chi connectivity index (χ0) is 22.9. The van der Waals surface area contributed by atoms with Gasteiger partial charge in [-0.05, 0) is 56.5 Å². The van der Waals surface area contributed by atoms with Gasteiger partial charge in [0.1, 0.15) is 24.2 Å². The standard InChI is InChI=1S/C24H28N4O5/c1-15-10-17(26-33-15)13-27-9-3-2-4-18(27)14-32-19-5-6-20-16(11-19)12-28(24(20)31)21-7-8-22(29)25-23(21)30/h5-6,10-11,18,21H,2-4,7-9,12-14H2,1H3,(H,25,29,30)/t18-,21?/m1/s1. The van der Waals surface area contributed by atoms with Crippen LogP contribution in [0.3, 0.4) is 0 Å². The highest BCUT2D eigenvalue weighted by molar-refractivity contribution is 6.05. The van der Waals surface area contributed by atoms with Crippen LogP contribution in [0.15, 0.2) is 28.8 Å². The summed E-state index contributed by atoms with van der Waals surface area (Å²) in [7, 11) is 0. The van der Waals surface area contributed by atoms with Crippen LogP contribution in [0.4, 0.5) is 0 Å². The van der Waals surface area contributed by atoms with Crippen LogP contribution >= 0.6 is 0 Å². The van der Waals surface area contributed by atoms with Gasteiger partial charge < -0.3 is 14.2 Å². The normalized spacial score (nSPS) is 23.5. The maximum absolute atomic E-state index is 12.9. The molecule has 174 valence electrons. The summed E-state index contributed by atoms with van der Waals surface area (Å²) >= 11 is 0. The number of aromatic nitrogens is 1. The fourth-order valence-electron chi connectivity index (χ4n) is 4.99. The maximum atomic E-state index is 12.9. The summed E-state index contributed by atoms with van der Waals surface area (Å²) in [5.41, 5.74) is 2.37. The lowest BCUT2D eigenvalue weighted by Gasteiger charge is -2.34. The molecule has 33 heavy (non-hydrogen) atoms. The van der Waals surface area contributed by atoms with E-state index in [1.165, 1.54) is 6.42 Å². The Morgan fingerprint density at radius 3 is 2.85 bits per heavy atom. The Morgan fingerprint density at radius 1 is 1.18 bits per heavy atom. The fraction of sp³-hybridized carbons (Fsp3) is 0.500. The first kappa shape index (κ1) is 21.6. The first-order chi connectivity index (χ1) is 16.0. The molecule has 9 nitrogen and oxygen atoms in total. The van der Waals surface area contributed by atoms with Gasteiger partial charge in [0.15, 0.2) is 0 Å². The first-order valence-electron chi connectivity index (χ1n) is 11.5. The molecule has 0 saturated carbocycles. The number of rotatable bonds is 6. The van der Waals surface area contributed by atoms with Crippen molar-refractivity contribution >= 4 is 17.7 Å². The van der Waals surface area contributed by atoms with E-state index in [1.54, 1.807) is 11.0 Å². The lowest BCUT2D eigenvalue weighted by Crippen LogP contribution is -2.52. The van der Waals surface area contributed by atoms with E-state index >= 15 is 0 Å². The summed E-state index contributed by atoms with van der Waals surface area (Å²) in [6.45, 7) is 4.54. The third-order valence-corrected chi connectivity index (χ3v) is 6.73. The van der Waals surface area contributed by atoms with E-state index in [4.69, 9.17) is 9.26 Å². The summed E-state index contributed by atoms with van der Waals surface area (Å²) in [5, 5.41) is 6.46. The molecule has 9 heteroatoms. The lowest BCUT2D eigenvalue weighted by molar-refractivity contribution is -0.136. The molecule has 3 amide bonds. The van der Waals surface area contributed by atoms with E-state index in [0.717, 1.165) is 48.7 Å². The van der Waals surface area contributed by atoms with Gasteiger partial charge in [0.2, 0.25) is 11.8 Å². The molecule has 2 atom stereocenters. The van der Waals surface area contributed by atoms with Crippen molar-refractivity contribution in [1.29, 1.82) is 0 Å². The van der Waals surface area contributed by atoms with Crippen LogP contribution < -0.4 is 10.1 Å². The van der Waals surface area contributed by atoms with E-state index < -0.39 is 11.9 Å². The van der Waals surface area contributed by atoms with Gasteiger partial charge in [-0.25, -0.2) is 0 Å². The Hall–Kier alpha value is -3.20. The van der Waals surface area contributed by atoms with Crippen LogP contribution in [0.1, 0.15) is 59.5 Å². The molecule has 2 aromatic rings. The molecule has 0 bridgehead atoms. The second kappa shape index (κ2) is 8.97. The van der Waals surface area contributed by atoms with Gasteiger partial charge in [-0.2, -0.15) is 0 Å². The highest BCUT2D eigenvalue weighted by Gasteiger charge is 2.39. The Balaban J connectivity index is 1.23. The molecule has 1 aromatic heterocycles. The second-order valence-corrected chi connectivity index (χ2v) is 9.08. The van der Waals surface area contributed by atoms with Crippen molar-refractivity contribution in [1.82, 2.24) is 20.3 Å². The SMILES string of the molecule is Cc1cc(CN2CCCC[C@@H]2COc2ccc3c(c2)CN(C2CCC(=O)NC2=O)C3=O)no1. The van der Waals surface area contributed by atoms with Crippen LogP contribution in [-0.4, -0.2) is 57.9 Å². The molecule has 0 aliphatic carbocycles. The fourth-order valence-corrected chi connectivity index (χ4v) is 4.99. The smallest absolute Gasteiger partial charge is 0.255 e. The zero-order valence-corrected chi connectivity index (χ0v) is 18.7. The highest BCUT2D eigenvalue weighted by atomic mass is 16.5. The predicted octanol–water partition coefficient (Wildman–Crippen LogP) is 2.18. The minimum absolute atomic E-state index is 0.174. The van der Waals surface area contributed by atoms with Crippen molar-refractivity contribution in [2.24, 2.45) is 0 Å². The molecule has 4 heterocycles. The van der Waals surface area contributed by atoms with Gasteiger partial charge in [0.25, 0.3) is 5.91 Å². The minimum atomic E-state index is -0.608. The number of likely N-dealkylation sites (tertiary alicyclic amines) is 1. The van der Waals surface area contributed by atoms with Crippen molar-refractivity contribution in [2.45, 2.75) is 64.2 Å². The number of imide groups is 1. The molecule has 2 saturated heterocycles. The summed E-state index contributed by atoms with van der Waals surface area (Å²) in [6, 6.07) is 7.13. The number of aryl methyl sites for hydroxylation is 1. The molecule has 1 unspecified atom stereocenters. The number of carbonyl (C=O) groups excluding carboxylic acids is 3. The number of hydrogen-bond acceptors (Lipinski definition) is 7. The first-order valence-corrected chi connectivity index (χ1v) is 11.5. The third-order valence-electron chi connectivity index (χ3n) is 6.73. The summed E-state index contributed by atoms with van der Waals surface area (Å²) in [5.74, 6) is 0.672. The lowest BCUT2D eigenvalue weighted by atomic mass is 10.0. The minimum Gasteiger partial charge on any atom is -0.492 e. The summed E-state index contributed by atoms with van der Waals surface area (Å²) < 4.78 is 11.4. The Morgan fingerprint density at radius 2 is 2.06 bits per heavy atom. The Labute approximate surface area is 192 Å². The number of carbonyl (C=O) groups is 3. The van der Waals surface area contributed by atoms with Gasteiger partial charge >= 0.3 is 0 Å². The average molecular weight is 453 g/mol. The summed E-state index contributed by atoms with van der Waals surface area (Å²) in [4.78, 5) is 40.5. The topological polar surface area (TPSA) is 105 Å². The molecule has 3 aliphatic rings. The number of amides is 3. The Bertz CT molecular complexity index is 1080. The number of hydrogen-bond donors (Lipinski definition) is 1. The number of fused-ring (bicyclic) bond motifs is 1. The molecule has 0 spiro atoms. The molecule has 1 N–H and O–H groups in total. The van der Waals surface area contributed by atoms with Crippen molar-refractivity contribution in [3.8, 4) is 5.75 Å². The highest BCUT2D eigenvalue weighted by Crippen LogP contribution is 2.30. The molecular formula is C24H28N4O5. The molecular weight excluding hydrogens is 424 g/mol. The maximum Gasteiger partial charge on any atom is 0.255 e. The van der Waals surface area contributed by atoms with Gasteiger partial charge in [-0.1, -0.05) is 11.6 Å². The monoisotopic (exact) mass is 452 g/mol. The third kappa shape index (κ3) is 4.50. The van der Waals surface area contributed by atoms with Crippen LogP contribution in [-0.2, 0) is 22.7 Å². The summed E-state index contributed by atoms with van der Waals surface area (Å²) in [6.07, 6.45) is 3.99.